The molecule has 1 unspecified atom stereocenters. The second-order valence-corrected chi connectivity index (χ2v) is 3.28. The Labute approximate surface area is 87.1 Å². The van der Waals surface area contributed by atoms with Crippen molar-refractivity contribution in [2.45, 2.75) is 39.2 Å². The summed E-state index contributed by atoms with van der Waals surface area (Å²) in [6, 6.07) is 0.252. The lowest BCUT2D eigenvalue weighted by Gasteiger charge is -2.15. The zero-order valence-electron chi connectivity index (χ0n) is 9.42. The van der Waals surface area contributed by atoms with Crippen molar-refractivity contribution in [3.8, 4) is 0 Å². The summed E-state index contributed by atoms with van der Waals surface area (Å²) in [5.41, 5.74) is 2.76. The van der Waals surface area contributed by atoms with E-state index in [1.807, 2.05) is 6.92 Å². The van der Waals surface area contributed by atoms with Crippen LogP contribution in [0.15, 0.2) is 0 Å². The molecule has 1 atom stereocenters. The summed E-state index contributed by atoms with van der Waals surface area (Å²) in [6.07, 6.45) is 3.08. The van der Waals surface area contributed by atoms with Crippen LogP contribution in [-0.4, -0.2) is 32.5 Å². The van der Waals surface area contributed by atoms with Gasteiger partial charge in [0.2, 0.25) is 0 Å². The van der Waals surface area contributed by atoms with Crippen molar-refractivity contribution in [1.82, 2.24) is 5.43 Å². The van der Waals surface area contributed by atoms with E-state index in [4.69, 9.17) is 15.3 Å². The van der Waals surface area contributed by atoms with Gasteiger partial charge in [-0.15, -0.1) is 0 Å². The summed E-state index contributed by atoms with van der Waals surface area (Å²) in [4.78, 5) is 0. The summed E-state index contributed by atoms with van der Waals surface area (Å²) in [7, 11) is 0. The van der Waals surface area contributed by atoms with Gasteiger partial charge in [0.25, 0.3) is 0 Å². The Kier molecular flexibility index (Phi) is 10.8. The van der Waals surface area contributed by atoms with Crippen LogP contribution < -0.4 is 11.3 Å². The van der Waals surface area contributed by atoms with Gasteiger partial charge >= 0.3 is 0 Å². The van der Waals surface area contributed by atoms with E-state index in [-0.39, 0.29) is 6.04 Å². The van der Waals surface area contributed by atoms with Crippen molar-refractivity contribution >= 4 is 0 Å². The molecule has 0 aliphatic carbocycles. The third-order valence-electron chi connectivity index (χ3n) is 1.95. The van der Waals surface area contributed by atoms with Crippen molar-refractivity contribution in [3.05, 3.63) is 0 Å². The van der Waals surface area contributed by atoms with Crippen LogP contribution >= 0.6 is 0 Å². The first-order valence-corrected chi connectivity index (χ1v) is 5.46. The van der Waals surface area contributed by atoms with Crippen molar-refractivity contribution in [3.63, 3.8) is 0 Å². The van der Waals surface area contributed by atoms with Gasteiger partial charge in [-0.3, -0.25) is 11.3 Å². The van der Waals surface area contributed by atoms with Crippen LogP contribution in [0.2, 0.25) is 0 Å². The molecule has 0 aromatic carbocycles. The van der Waals surface area contributed by atoms with E-state index in [2.05, 4.69) is 12.3 Å². The smallest absolute Gasteiger partial charge is 0.0633 e. The predicted octanol–water partition coefficient (Wildman–Crippen LogP) is 1.06. The number of ether oxygens (including phenoxy) is 2. The molecule has 0 saturated carbocycles. The largest absolute Gasteiger partial charge is 0.382 e. The third kappa shape index (κ3) is 8.44. The van der Waals surface area contributed by atoms with Crippen LogP contribution in [0.4, 0.5) is 0 Å². The van der Waals surface area contributed by atoms with Crippen molar-refractivity contribution in [2.24, 2.45) is 5.84 Å². The Bertz CT molecular complexity index is 112. The molecule has 14 heavy (non-hydrogen) atoms. The molecule has 3 N–H and O–H groups in total. The quantitative estimate of drug-likeness (QED) is 0.317. The van der Waals surface area contributed by atoms with E-state index in [1.165, 1.54) is 0 Å². The highest BCUT2D eigenvalue weighted by Gasteiger charge is 2.05. The van der Waals surface area contributed by atoms with Crippen molar-refractivity contribution in [1.29, 1.82) is 0 Å². The molecular formula is C10H24N2O2. The van der Waals surface area contributed by atoms with E-state index >= 15 is 0 Å². The maximum atomic E-state index is 5.41. The molecule has 0 amide bonds. The summed E-state index contributed by atoms with van der Waals surface area (Å²) >= 11 is 0. The van der Waals surface area contributed by atoms with Crippen molar-refractivity contribution < 1.29 is 9.47 Å². The SMILES string of the molecule is CCCOCC(CCCOCC)NN. The lowest BCUT2D eigenvalue weighted by atomic mass is 10.2. The van der Waals surface area contributed by atoms with Crippen LogP contribution in [0.1, 0.15) is 33.1 Å². The third-order valence-corrected chi connectivity index (χ3v) is 1.95. The average Bonchev–Trinajstić information content (AvgIpc) is 2.22. The molecule has 0 saturated heterocycles. The Balaban J connectivity index is 3.28. The molecule has 4 nitrogen and oxygen atoms in total. The Hall–Kier alpha value is -0.160. The van der Waals surface area contributed by atoms with Crippen LogP contribution in [0.25, 0.3) is 0 Å². The zero-order valence-corrected chi connectivity index (χ0v) is 9.42. The summed E-state index contributed by atoms with van der Waals surface area (Å²) in [5, 5.41) is 0. The molecule has 86 valence electrons. The maximum Gasteiger partial charge on any atom is 0.0633 e. The highest BCUT2D eigenvalue weighted by Crippen LogP contribution is 1.98. The lowest BCUT2D eigenvalue weighted by molar-refractivity contribution is 0.0998. The molecule has 4 heteroatoms. The number of nitrogens with one attached hydrogen (secondary N) is 1. The first-order chi connectivity index (χ1) is 6.85. The Morgan fingerprint density at radius 1 is 1.21 bits per heavy atom. The number of hydrogen-bond acceptors (Lipinski definition) is 4. The van der Waals surface area contributed by atoms with E-state index in [9.17, 15) is 0 Å². The van der Waals surface area contributed by atoms with Gasteiger partial charge in [0, 0.05) is 25.9 Å². The molecule has 0 bridgehead atoms. The second kappa shape index (κ2) is 10.9. The van der Waals surface area contributed by atoms with E-state index in [0.717, 1.165) is 39.1 Å². The molecule has 0 rings (SSSR count). The minimum absolute atomic E-state index is 0.252. The maximum absolute atomic E-state index is 5.41. The van der Waals surface area contributed by atoms with Gasteiger partial charge in [-0.25, -0.2) is 0 Å². The lowest BCUT2D eigenvalue weighted by Crippen LogP contribution is -2.38. The topological polar surface area (TPSA) is 56.5 Å². The van der Waals surface area contributed by atoms with Crippen LogP contribution in [0, 0.1) is 0 Å². The molecule has 0 aromatic rings. The highest BCUT2D eigenvalue weighted by molar-refractivity contribution is 4.61. The van der Waals surface area contributed by atoms with Gasteiger partial charge in [0.1, 0.15) is 0 Å². The number of hydrogen-bond donors (Lipinski definition) is 2. The number of rotatable bonds is 10. The molecular weight excluding hydrogens is 180 g/mol. The van der Waals surface area contributed by atoms with Gasteiger partial charge in [-0.2, -0.15) is 0 Å². The van der Waals surface area contributed by atoms with E-state index in [0.29, 0.717) is 6.61 Å². The van der Waals surface area contributed by atoms with Gasteiger partial charge in [0.05, 0.1) is 6.61 Å². The van der Waals surface area contributed by atoms with Crippen LogP contribution in [0.5, 0.6) is 0 Å². The predicted molar refractivity (Wildman–Crippen MR) is 57.9 cm³/mol. The molecule has 0 heterocycles. The second-order valence-electron chi connectivity index (χ2n) is 3.28. The fraction of sp³-hybridized carbons (Fsp3) is 1.00. The van der Waals surface area contributed by atoms with E-state index in [1.54, 1.807) is 0 Å². The fourth-order valence-electron chi connectivity index (χ4n) is 1.16. The van der Waals surface area contributed by atoms with Crippen LogP contribution in [0.3, 0.4) is 0 Å². The first kappa shape index (κ1) is 13.8. The molecule has 0 aliphatic heterocycles. The van der Waals surface area contributed by atoms with Crippen LogP contribution in [-0.2, 0) is 9.47 Å². The summed E-state index contributed by atoms with van der Waals surface area (Å²) in [6.45, 7) is 7.19. The molecule has 0 spiro atoms. The molecule has 0 aromatic heterocycles. The minimum atomic E-state index is 0.252. The fourth-order valence-corrected chi connectivity index (χ4v) is 1.16. The molecule has 0 radical (unpaired) electrons. The van der Waals surface area contributed by atoms with Gasteiger partial charge in [-0.1, -0.05) is 6.92 Å². The molecule has 0 fully saturated rings. The Morgan fingerprint density at radius 3 is 2.57 bits per heavy atom. The number of hydrazine groups is 1. The summed E-state index contributed by atoms with van der Waals surface area (Å²) < 4.78 is 10.7. The first-order valence-electron chi connectivity index (χ1n) is 5.46. The van der Waals surface area contributed by atoms with Gasteiger partial charge in [0.15, 0.2) is 0 Å². The summed E-state index contributed by atoms with van der Waals surface area (Å²) in [5.74, 6) is 5.40. The zero-order chi connectivity index (χ0) is 10.6. The standard InChI is InChI=1S/C10H24N2O2/c1-3-7-14-9-10(12-11)6-5-8-13-4-2/h10,12H,3-9,11H2,1-2H3. The number of nitrogens with two attached hydrogens (primary N) is 1. The average molecular weight is 204 g/mol. The minimum Gasteiger partial charge on any atom is -0.382 e. The van der Waals surface area contributed by atoms with Gasteiger partial charge < -0.3 is 9.47 Å². The van der Waals surface area contributed by atoms with E-state index < -0.39 is 0 Å². The Morgan fingerprint density at radius 2 is 2.00 bits per heavy atom. The van der Waals surface area contributed by atoms with Gasteiger partial charge in [-0.05, 0) is 26.2 Å². The monoisotopic (exact) mass is 204 g/mol. The van der Waals surface area contributed by atoms with Crippen molar-refractivity contribution in [2.75, 3.05) is 26.4 Å². The molecule has 0 aliphatic rings. The normalized spacial score (nSPS) is 13.1. The highest BCUT2D eigenvalue weighted by atomic mass is 16.5.